The first-order valence-electron chi connectivity index (χ1n) is 4.88. The Labute approximate surface area is 86.9 Å². The molecular weight excluding hydrogens is 186 g/mol. The number of rotatable bonds is 0. The molecule has 3 rings (SSSR count). The summed E-state index contributed by atoms with van der Waals surface area (Å²) in [6.07, 6.45) is 1.74. The van der Waals surface area contributed by atoms with Crippen LogP contribution in [-0.4, -0.2) is 9.97 Å². The summed E-state index contributed by atoms with van der Waals surface area (Å²) in [6.45, 7) is 2.09. The zero-order valence-corrected chi connectivity index (χ0v) is 8.41. The Kier molecular flexibility index (Phi) is 1.51. The topological polar surface area (TPSA) is 54.7 Å². The third-order valence-corrected chi connectivity index (χ3v) is 2.71. The van der Waals surface area contributed by atoms with Crippen LogP contribution < -0.4 is 5.73 Å². The first-order valence-corrected chi connectivity index (χ1v) is 4.88. The van der Waals surface area contributed by atoms with Gasteiger partial charge in [0.1, 0.15) is 5.82 Å². The minimum atomic E-state index is 0.557. The predicted molar refractivity (Wildman–Crippen MR) is 62.7 cm³/mol. The molecule has 0 saturated carbocycles. The molecule has 0 aliphatic carbocycles. The number of hydrogen-bond acceptors (Lipinski definition) is 2. The van der Waals surface area contributed by atoms with Crippen LogP contribution in [0.5, 0.6) is 0 Å². The molecule has 74 valence electrons. The summed E-state index contributed by atoms with van der Waals surface area (Å²) < 4.78 is 0. The third kappa shape index (κ3) is 1.09. The average molecular weight is 197 g/mol. The maximum atomic E-state index is 5.82. The van der Waals surface area contributed by atoms with Gasteiger partial charge in [0.05, 0.1) is 5.52 Å². The molecule has 2 heterocycles. The highest BCUT2D eigenvalue weighted by atomic mass is 14.9. The van der Waals surface area contributed by atoms with E-state index in [1.807, 2.05) is 6.07 Å². The number of benzene rings is 1. The van der Waals surface area contributed by atoms with Crippen LogP contribution >= 0.6 is 0 Å². The lowest BCUT2D eigenvalue weighted by Crippen LogP contribution is -1.89. The number of aryl methyl sites for hydroxylation is 1. The fourth-order valence-electron chi connectivity index (χ4n) is 1.96. The van der Waals surface area contributed by atoms with E-state index in [1.165, 1.54) is 10.9 Å². The van der Waals surface area contributed by atoms with Gasteiger partial charge in [-0.25, -0.2) is 4.98 Å². The molecule has 0 aliphatic heterocycles. The highest BCUT2D eigenvalue weighted by molar-refractivity contribution is 6.10. The minimum Gasteiger partial charge on any atom is -0.382 e. The van der Waals surface area contributed by atoms with E-state index in [1.54, 1.807) is 6.20 Å². The van der Waals surface area contributed by atoms with Crippen LogP contribution in [0.4, 0.5) is 5.82 Å². The van der Waals surface area contributed by atoms with Gasteiger partial charge in [-0.1, -0.05) is 11.6 Å². The summed E-state index contributed by atoms with van der Waals surface area (Å²) >= 11 is 0. The normalized spacial score (nSPS) is 11.3. The number of nitrogen functional groups attached to an aromatic ring is 1. The van der Waals surface area contributed by atoms with E-state index in [9.17, 15) is 0 Å². The maximum Gasteiger partial charge on any atom is 0.147 e. The first-order chi connectivity index (χ1) is 7.25. The molecule has 1 aromatic carbocycles. The molecule has 3 aromatic rings. The van der Waals surface area contributed by atoms with E-state index in [0.717, 1.165) is 16.4 Å². The lowest BCUT2D eigenvalue weighted by molar-refractivity contribution is 1.35. The summed E-state index contributed by atoms with van der Waals surface area (Å²) in [5, 5.41) is 2.35. The SMILES string of the molecule is Cc1ccc2[nH]c3c(N)nccc3c2c1. The van der Waals surface area contributed by atoms with Crippen LogP contribution in [0.25, 0.3) is 21.8 Å². The molecule has 0 unspecified atom stereocenters. The number of aromatic nitrogens is 2. The van der Waals surface area contributed by atoms with Gasteiger partial charge >= 0.3 is 0 Å². The van der Waals surface area contributed by atoms with Gasteiger partial charge < -0.3 is 10.7 Å². The Bertz CT molecular complexity index is 652. The lowest BCUT2D eigenvalue weighted by atomic mass is 10.1. The van der Waals surface area contributed by atoms with Crippen LogP contribution in [0.2, 0.25) is 0 Å². The van der Waals surface area contributed by atoms with Crippen molar-refractivity contribution in [1.29, 1.82) is 0 Å². The van der Waals surface area contributed by atoms with Crippen molar-refractivity contribution in [2.75, 3.05) is 5.73 Å². The van der Waals surface area contributed by atoms with Gasteiger partial charge in [-0.15, -0.1) is 0 Å². The van der Waals surface area contributed by atoms with Gasteiger partial charge in [0.15, 0.2) is 0 Å². The lowest BCUT2D eigenvalue weighted by Gasteiger charge is -1.94. The van der Waals surface area contributed by atoms with E-state index in [-0.39, 0.29) is 0 Å². The van der Waals surface area contributed by atoms with Crippen molar-refractivity contribution in [2.24, 2.45) is 0 Å². The maximum absolute atomic E-state index is 5.82. The van der Waals surface area contributed by atoms with Crippen molar-refractivity contribution < 1.29 is 0 Å². The summed E-state index contributed by atoms with van der Waals surface area (Å²) in [7, 11) is 0. The van der Waals surface area contributed by atoms with Gasteiger partial charge in [0.25, 0.3) is 0 Å². The third-order valence-electron chi connectivity index (χ3n) is 2.71. The summed E-state index contributed by atoms with van der Waals surface area (Å²) in [4.78, 5) is 7.36. The van der Waals surface area contributed by atoms with Gasteiger partial charge in [0.2, 0.25) is 0 Å². The Morgan fingerprint density at radius 2 is 2.07 bits per heavy atom. The molecule has 0 radical (unpaired) electrons. The molecule has 0 spiro atoms. The predicted octanol–water partition coefficient (Wildman–Crippen LogP) is 2.61. The monoisotopic (exact) mass is 197 g/mol. The summed E-state index contributed by atoms with van der Waals surface area (Å²) in [5.41, 5.74) is 9.10. The number of nitrogens with two attached hydrogens (primary N) is 1. The van der Waals surface area contributed by atoms with E-state index in [2.05, 4.69) is 35.1 Å². The minimum absolute atomic E-state index is 0.557. The smallest absolute Gasteiger partial charge is 0.147 e. The number of anilines is 1. The standard InChI is InChI=1S/C12H11N3/c1-7-2-3-10-9(6-7)8-4-5-14-12(13)11(8)15-10/h2-6,15H,1H3,(H2,13,14). The number of hydrogen-bond donors (Lipinski definition) is 2. The van der Waals surface area contributed by atoms with E-state index in [4.69, 9.17) is 5.73 Å². The van der Waals surface area contributed by atoms with Crippen LogP contribution in [0.15, 0.2) is 30.5 Å². The van der Waals surface area contributed by atoms with Gasteiger partial charge in [0, 0.05) is 22.5 Å². The largest absolute Gasteiger partial charge is 0.382 e. The van der Waals surface area contributed by atoms with Crippen molar-refractivity contribution in [2.45, 2.75) is 6.92 Å². The van der Waals surface area contributed by atoms with E-state index >= 15 is 0 Å². The molecular formula is C12H11N3. The Balaban J connectivity index is 2.58. The molecule has 3 N–H and O–H groups in total. The molecule has 0 amide bonds. The summed E-state index contributed by atoms with van der Waals surface area (Å²) in [6, 6.07) is 8.31. The zero-order valence-electron chi connectivity index (χ0n) is 8.41. The van der Waals surface area contributed by atoms with Gasteiger partial charge in [-0.3, -0.25) is 0 Å². The summed E-state index contributed by atoms with van der Waals surface area (Å²) in [5.74, 6) is 0.557. The van der Waals surface area contributed by atoms with Crippen molar-refractivity contribution >= 4 is 27.6 Å². The molecule has 0 bridgehead atoms. The van der Waals surface area contributed by atoms with E-state index in [0.29, 0.717) is 5.82 Å². The molecule has 0 atom stereocenters. The quantitative estimate of drug-likeness (QED) is 0.582. The van der Waals surface area contributed by atoms with Crippen LogP contribution in [-0.2, 0) is 0 Å². The van der Waals surface area contributed by atoms with Crippen LogP contribution in [0.1, 0.15) is 5.56 Å². The van der Waals surface area contributed by atoms with Crippen molar-refractivity contribution in [3.05, 3.63) is 36.0 Å². The Morgan fingerprint density at radius 3 is 2.93 bits per heavy atom. The zero-order chi connectivity index (χ0) is 10.4. The number of nitrogens with zero attached hydrogens (tertiary/aromatic N) is 1. The Morgan fingerprint density at radius 1 is 1.20 bits per heavy atom. The van der Waals surface area contributed by atoms with Crippen LogP contribution in [0.3, 0.4) is 0 Å². The Hall–Kier alpha value is -2.03. The number of H-pyrrole nitrogens is 1. The van der Waals surface area contributed by atoms with E-state index < -0.39 is 0 Å². The molecule has 0 aliphatic rings. The fraction of sp³-hybridized carbons (Fsp3) is 0.0833. The molecule has 15 heavy (non-hydrogen) atoms. The number of nitrogens with one attached hydrogen (secondary N) is 1. The highest BCUT2D eigenvalue weighted by Crippen LogP contribution is 2.27. The average Bonchev–Trinajstić information content (AvgIpc) is 2.58. The van der Waals surface area contributed by atoms with Crippen molar-refractivity contribution in [3.8, 4) is 0 Å². The second kappa shape index (κ2) is 2.73. The molecule has 3 heteroatoms. The fourth-order valence-corrected chi connectivity index (χ4v) is 1.96. The number of aromatic amines is 1. The number of fused-ring (bicyclic) bond motifs is 3. The molecule has 2 aromatic heterocycles. The second-order valence-corrected chi connectivity index (χ2v) is 3.79. The molecule has 0 saturated heterocycles. The first kappa shape index (κ1) is 8.29. The molecule has 0 fully saturated rings. The second-order valence-electron chi connectivity index (χ2n) is 3.79. The van der Waals surface area contributed by atoms with Gasteiger partial charge in [-0.2, -0.15) is 0 Å². The van der Waals surface area contributed by atoms with Crippen molar-refractivity contribution in [1.82, 2.24) is 9.97 Å². The number of pyridine rings is 1. The van der Waals surface area contributed by atoms with Crippen molar-refractivity contribution in [3.63, 3.8) is 0 Å². The van der Waals surface area contributed by atoms with Gasteiger partial charge in [-0.05, 0) is 25.1 Å². The van der Waals surface area contributed by atoms with Crippen LogP contribution in [0, 0.1) is 6.92 Å². The molecule has 3 nitrogen and oxygen atoms in total. The highest BCUT2D eigenvalue weighted by Gasteiger charge is 2.06.